The standard InChI is InChI=1S/C17H16O3/c1-2-14-15-8-7-13(19)9-17(15)20-10-16(14)11-3-5-12(18)6-4-11/h3-9,18-19H,2,10H2,1H3. The van der Waals surface area contributed by atoms with Crippen LogP contribution in [0.15, 0.2) is 42.5 Å². The molecule has 0 aliphatic carbocycles. The molecule has 0 saturated carbocycles. The van der Waals surface area contributed by atoms with Crippen molar-refractivity contribution in [2.45, 2.75) is 13.3 Å². The fourth-order valence-electron chi connectivity index (χ4n) is 2.60. The second kappa shape index (κ2) is 4.93. The molecule has 2 aromatic carbocycles. The number of phenols is 2. The minimum Gasteiger partial charge on any atom is -0.508 e. The second-order valence-electron chi connectivity index (χ2n) is 4.83. The Hall–Kier alpha value is -2.42. The molecule has 3 rings (SSSR count). The number of fused-ring (bicyclic) bond motifs is 1. The quantitative estimate of drug-likeness (QED) is 0.870. The first kappa shape index (κ1) is 12.6. The van der Waals surface area contributed by atoms with Gasteiger partial charge >= 0.3 is 0 Å². The molecule has 3 heteroatoms. The molecular weight excluding hydrogens is 252 g/mol. The number of hydrogen-bond acceptors (Lipinski definition) is 3. The Morgan fingerprint density at radius 3 is 2.40 bits per heavy atom. The van der Waals surface area contributed by atoms with Crippen LogP contribution in [-0.4, -0.2) is 16.8 Å². The molecule has 0 aromatic heterocycles. The molecule has 102 valence electrons. The van der Waals surface area contributed by atoms with Gasteiger partial charge in [0, 0.05) is 17.2 Å². The summed E-state index contributed by atoms with van der Waals surface area (Å²) in [7, 11) is 0. The van der Waals surface area contributed by atoms with Gasteiger partial charge in [-0.25, -0.2) is 0 Å². The van der Waals surface area contributed by atoms with Crippen LogP contribution in [-0.2, 0) is 0 Å². The highest BCUT2D eigenvalue weighted by molar-refractivity contribution is 5.94. The Morgan fingerprint density at radius 2 is 1.70 bits per heavy atom. The molecule has 0 spiro atoms. The summed E-state index contributed by atoms with van der Waals surface area (Å²) in [5, 5.41) is 18.9. The van der Waals surface area contributed by atoms with Gasteiger partial charge < -0.3 is 14.9 Å². The van der Waals surface area contributed by atoms with E-state index in [1.807, 2.05) is 18.2 Å². The lowest BCUT2D eigenvalue weighted by molar-refractivity contribution is 0.360. The van der Waals surface area contributed by atoms with E-state index < -0.39 is 0 Å². The van der Waals surface area contributed by atoms with Crippen LogP contribution < -0.4 is 4.74 Å². The number of aromatic hydroxyl groups is 2. The lowest BCUT2D eigenvalue weighted by Gasteiger charge is -2.24. The topological polar surface area (TPSA) is 49.7 Å². The summed E-state index contributed by atoms with van der Waals surface area (Å²) in [6.07, 6.45) is 0.886. The van der Waals surface area contributed by atoms with Gasteiger partial charge in [-0.15, -0.1) is 0 Å². The van der Waals surface area contributed by atoms with E-state index in [4.69, 9.17) is 4.74 Å². The number of hydrogen-bond donors (Lipinski definition) is 2. The summed E-state index contributed by atoms with van der Waals surface area (Å²) in [5.74, 6) is 1.20. The minimum absolute atomic E-state index is 0.215. The Balaban J connectivity index is 2.14. The molecule has 0 unspecified atom stereocenters. The third-order valence-electron chi connectivity index (χ3n) is 3.60. The minimum atomic E-state index is 0.215. The van der Waals surface area contributed by atoms with Crippen LogP contribution in [0, 0.1) is 0 Å². The van der Waals surface area contributed by atoms with Gasteiger partial charge in [-0.3, -0.25) is 0 Å². The van der Waals surface area contributed by atoms with E-state index >= 15 is 0 Å². The molecule has 0 amide bonds. The lowest BCUT2D eigenvalue weighted by Crippen LogP contribution is -2.10. The maximum atomic E-state index is 9.54. The molecule has 0 fully saturated rings. The summed E-state index contributed by atoms with van der Waals surface area (Å²) in [5.41, 5.74) is 4.43. The summed E-state index contributed by atoms with van der Waals surface area (Å²) < 4.78 is 5.75. The molecule has 0 atom stereocenters. The smallest absolute Gasteiger partial charge is 0.131 e. The molecule has 20 heavy (non-hydrogen) atoms. The average Bonchev–Trinajstić information content (AvgIpc) is 2.46. The van der Waals surface area contributed by atoms with Gasteiger partial charge in [-0.1, -0.05) is 19.1 Å². The van der Waals surface area contributed by atoms with E-state index in [0.717, 1.165) is 28.9 Å². The first-order chi connectivity index (χ1) is 9.69. The Kier molecular flexibility index (Phi) is 3.11. The van der Waals surface area contributed by atoms with E-state index in [9.17, 15) is 10.2 Å². The third-order valence-corrected chi connectivity index (χ3v) is 3.60. The van der Waals surface area contributed by atoms with Gasteiger partial charge in [0.1, 0.15) is 23.9 Å². The highest BCUT2D eigenvalue weighted by Gasteiger charge is 2.20. The van der Waals surface area contributed by atoms with Crippen molar-refractivity contribution in [3.63, 3.8) is 0 Å². The number of allylic oxidation sites excluding steroid dienone is 1. The van der Waals surface area contributed by atoms with Crippen LogP contribution in [0.5, 0.6) is 17.2 Å². The van der Waals surface area contributed by atoms with E-state index in [1.54, 1.807) is 24.3 Å². The zero-order chi connectivity index (χ0) is 14.1. The van der Waals surface area contributed by atoms with Crippen molar-refractivity contribution in [1.29, 1.82) is 0 Å². The maximum absolute atomic E-state index is 9.54. The van der Waals surface area contributed by atoms with Crippen molar-refractivity contribution in [3.8, 4) is 17.2 Å². The van der Waals surface area contributed by atoms with Gasteiger partial charge in [-0.2, -0.15) is 0 Å². The van der Waals surface area contributed by atoms with Gasteiger partial charge in [0.05, 0.1) is 0 Å². The van der Waals surface area contributed by atoms with Crippen LogP contribution in [0.4, 0.5) is 0 Å². The first-order valence-electron chi connectivity index (χ1n) is 6.66. The Morgan fingerprint density at radius 1 is 1.00 bits per heavy atom. The lowest BCUT2D eigenvalue weighted by atomic mass is 9.91. The van der Waals surface area contributed by atoms with E-state index in [2.05, 4.69) is 6.92 Å². The Bertz CT molecular complexity index is 669. The summed E-state index contributed by atoms with van der Waals surface area (Å²) in [6.45, 7) is 2.59. The number of ether oxygens (including phenoxy) is 1. The van der Waals surface area contributed by atoms with Crippen molar-refractivity contribution in [2.75, 3.05) is 6.61 Å². The monoisotopic (exact) mass is 268 g/mol. The van der Waals surface area contributed by atoms with Crippen LogP contribution in [0.25, 0.3) is 11.1 Å². The zero-order valence-corrected chi connectivity index (χ0v) is 11.3. The molecule has 0 saturated heterocycles. The van der Waals surface area contributed by atoms with Gasteiger partial charge in [0.15, 0.2) is 0 Å². The highest BCUT2D eigenvalue weighted by atomic mass is 16.5. The summed E-state index contributed by atoms with van der Waals surface area (Å²) in [6, 6.07) is 12.4. The number of rotatable bonds is 2. The summed E-state index contributed by atoms with van der Waals surface area (Å²) >= 11 is 0. The molecule has 1 heterocycles. The molecule has 2 N–H and O–H groups in total. The van der Waals surface area contributed by atoms with Gasteiger partial charge in [0.25, 0.3) is 0 Å². The molecule has 0 radical (unpaired) electrons. The molecule has 0 bridgehead atoms. The average molecular weight is 268 g/mol. The fraction of sp³-hybridized carbons (Fsp3) is 0.176. The highest BCUT2D eigenvalue weighted by Crippen LogP contribution is 2.40. The van der Waals surface area contributed by atoms with Gasteiger partial charge in [0.2, 0.25) is 0 Å². The predicted molar refractivity (Wildman–Crippen MR) is 78.8 cm³/mol. The van der Waals surface area contributed by atoms with E-state index in [0.29, 0.717) is 6.61 Å². The van der Waals surface area contributed by atoms with E-state index in [1.165, 1.54) is 5.57 Å². The third kappa shape index (κ3) is 2.11. The van der Waals surface area contributed by atoms with E-state index in [-0.39, 0.29) is 11.5 Å². The normalized spacial score (nSPS) is 13.8. The largest absolute Gasteiger partial charge is 0.508 e. The summed E-state index contributed by atoms with van der Waals surface area (Å²) in [4.78, 5) is 0. The van der Waals surface area contributed by atoms with Crippen molar-refractivity contribution >= 4 is 11.1 Å². The van der Waals surface area contributed by atoms with Crippen LogP contribution in [0.2, 0.25) is 0 Å². The van der Waals surface area contributed by atoms with Crippen molar-refractivity contribution in [1.82, 2.24) is 0 Å². The maximum Gasteiger partial charge on any atom is 0.131 e. The first-order valence-corrected chi connectivity index (χ1v) is 6.66. The number of phenolic OH excluding ortho intramolecular Hbond substituents is 2. The number of benzene rings is 2. The van der Waals surface area contributed by atoms with Crippen molar-refractivity contribution in [3.05, 3.63) is 53.6 Å². The predicted octanol–water partition coefficient (Wildman–Crippen LogP) is 3.81. The fourth-order valence-corrected chi connectivity index (χ4v) is 2.60. The molecular formula is C17H16O3. The second-order valence-corrected chi connectivity index (χ2v) is 4.83. The van der Waals surface area contributed by atoms with Crippen molar-refractivity contribution < 1.29 is 14.9 Å². The SMILES string of the molecule is CCC1=C(c2ccc(O)cc2)COc2cc(O)ccc21. The molecule has 1 aliphatic heterocycles. The molecule has 3 nitrogen and oxygen atoms in total. The van der Waals surface area contributed by atoms with Gasteiger partial charge in [-0.05, 0) is 41.8 Å². The zero-order valence-electron chi connectivity index (χ0n) is 11.3. The van der Waals surface area contributed by atoms with Crippen LogP contribution in [0.1, 0.15) is 24.5 Å². The van der Waals surface area contributed by atoms with Crippen LogP contribution in [0.3, 0.4) is 0 Å². The Labute approximate surface area is 117 Å². The van der Waals surface area contributed by atoms with Crippen molar-refractivity contribution in [2.24, 2.45) is 0 Å². The van der Waals surface area contributed by atoms with Crippen LogP contribution >= 0.6 is 0 Å². The molecule has 1 aliphatic rings. The molecule has 2 aromatic rings.